The molecule has 0 spiro atoms. The van der Waals surface area contributed by atoms with Crippen molar-refractivity contribution >= 4 is 22.2 Å². The Morgan fingerprint density at radius 3 is 2.37 bits per heavy atom. The maximum Gasteiger partial charge on any atom is 0.416 e. The summed E-state index contributed by atoms with van der Waals surface area (Å²) in [6.07, 6.45) is -4.43. The molecule has 3 rings (SSSR count). The molecular weight excluding hydrogens is 275 g/mol. The zero-order valence-electron chi connectivity index (χ0n) is 9.49. The second-order valence-corrected chi connectivity index (χ2v) is 5.52. The number of anilines is 2. The van der Waals surface area contributed by atoms with Gasteiger partial charge in [0.25, 0.3) is 0 Å². The molecule has 0 saturated heterocycles. The minimum Gasteiger partial charge on any atom is -0.354 e. The fraction of sp³-hybridized carbons (Fsp3) is 0.0769. The van der Waals surface area contributed by atoms with Crippen LogP contribution < -0.4 is 5.32 Å². The summed E-state index contributed by atoms with van der Waals surface area (Å²) in [6, 6.07) is 10.1. The number of para-hydroxylation sites is 1. The van der Waals surface area contributed by atoms with E-state index in [1.165, 1.54) is 6.07 Å². The van der Waals surface area contributed by atoms with Gasteiger partial charge in [0.2, 0.25) is 0 Å². The highest BCUT2D eigenvalue weighted by Crippen LogP contribution is 2.39. The number of rotatable bonds is 0. The summed E-state index contributed by atoms with van der Waals surface area (Å²) < 4.78 is 50.3. The molecule has 0 fully saturated rings. The average Bonchev–Trinajstić information content (AvgIpc) is 2.37. The van der Waals surface area contributed by atoms with E-state index >= 15 is 0 Å². The number of benzene rings is 2. The molecule has 0 saturated carbocycles. The molecule has 1 unspecified atom stereocenters. The summed E-state index contributed by atoms with van der Waals surface area (Å²) in [5.74, 6) is 0. The van der Waals surface area contributed by atoms with Gasteiger partial charge in [0.05, 0.1) is 37.5 Å². The van der Waals surface area contributed by atoms with E-state index in [1.807, 2.05) is 0 Å². The van der Waals surface area contributed by atoms with Crippen LogP contribution in [0, 0.1) is 0 Å². The van der Waals surface area contributed by atoms with Crippen LogP contribution in [0.1, 0.15) is 5.56 Å². The molecule has 19 heavy (non-hydrogen) atoms. The molecule has 1 atom stereocenters. The third-order valence-electron chi connectivity index (χ3n) is 2.86. The van der Waals surface area contributed by atoms with Crippen molar-refractivity contribution in [3.8, 4) is 0 Å². The van der Waals surface area contributed by atoms with Gasteiger partial charge in [0.1, 0.15) is 0 Å². The largest absolute Gasteiger partial charge is 0.416 e. The highest BCUT2D eigenvalue weighted by Gasteiger charge is 2.32. The summed E-state index contributed by atoms with van der Waals surface area (Å²) in [4.78, 5) is 0.655. The van der Waals surface area contributed by atoms with E-state index < -0.39 is 22.5 Å². The van der Waals surface area contributed by atoms with E-state index in [2.05, 4.69) is 5.32 Å². The van der Waals surface area contributed by atoms with Gasteiger partial charge < -0.3 is 5.32 Å². The van der Waals surface area contributed by atoms with E-state index in [0.717, 1.165) is 12.1 Å². The SMILES string of the molecule is O=S1c2ccccc2Nc2ccc(C(F)(F)F)cc21. The van der Waals surface area contributed by atoms with Crippen LogP contribution in [-0.2, 0) is 17.0 Å². The van der Waals surface area contributed by atoms with Gasteiger partial charge in [-0.25, -0.2) is 4.21 Å². The van der Waals surface area contributed by atoms with Crippen LogP contribution in [0.4, 0.5) is 24.5 Å². The van der Waals surface area contributed by atoms with Crippen molar-refractivity contribution in [3.63, 3.8) is 0 Å². The van der Waals surface area contributed by atoms with Crippen molar-refractivity contribution in [1.29, 1.82) is 0 Å². The summed E-state index contributed by atoms with van der Waals surface area (Å²) in [5.41, 5.74) is 0.318. The van der Waals surface area contributed by atoms with Crippen molar-refractivity contribution in [3.05, 3.63) is 48.0 Å². The van der Waals surface area contributed by atoms with Gasteiger partial charge in [0.15, 0.2) is 0 Å². The molecule has 1 aliphatic rings. The molecule has 0 aromatic heterocycles. The molecule has 0 aliphatic carbocycles. The Labute approximate surface area is 109 Å². The first kappa shape index (κ1) is 12.2. The average molecular weight is 283 g/mol. The second-order valence-electron chi connectivity index (χ2n) is 4.10. The standard InChI is InChI=1S/C13H8F3NOS/c14-13(15,16)8-5-6-10-12(7-8)19(18)11-4-2-1-3-9(11)17-10/h1-7,17H. The Balaban J connectivity index is 2.14. The molecule has 1 N–H and O–H groups in total. The Hall–Kier alpha value is -1.82. The molecule has 0 radical (unpaired) electrons. The molecule has 2 aromatic rings. The lowest BCUT2D eigenvalue weighted by atomic mass is 10.2. The Morgan fingerprint density at radius 2 is 1.63 bits per heavy atom. The van der Waals surface area contributed by atoms with Gasteiger partial charge in [-0.1, -0.05) is 12.1 Å². The van der Waals surface area contributed by atoms with Crippen molar-refractivity contribution < 1.29 is 17.4 Å². The van der Waals surface area contributed by atoms with Gasteiger partial charge in [-0.15, -0.1) is 0 Å². The molecule has 2 aromatic carbocycles. The fourth-order valence-electron chi connectivity index (χ4n) is 1.95. The molecule has 6 heteroatoms. The zero-order chi connectivity index (χ0) is 13.6. The highest BCUT2D eigenvalue weighted by atomic mass is 32.2. The molecule has 1 heterocycles. The van der Waals surface area contributed by atoms with Crippen LogP contribution in [0.15, 0.2) is 52.3 Å². The van der Waals surface area contributed by atoms with E-state index in [9.17, 15) is 17.4 Å². The smallest absolute Gasteiger partial charge is 0.354 e. The quantitative estimate of drug-likeness (QED) is 0.677. The summed E-state index contributed by atoms with van der Waals surface area (Å²) in [6.45, 7) is 0. The van der Waals surface area contributed by atoms with Crippen molar-refractivity contribution in [2.45, 2.75) is 16.0 Å². The lowest BCUT2D eigenvalue weighted by Gasteiger charge is -2.21. The predicted octanol–water partition coefficient (Wildman–Crippen LogP) is 3.93. The first-order valence-corrected chi connectivity index (χ1v) is 6.61. The fourth-order valence-corrected chi connectivity index (χ4v) is 3.26. The predicted molar refractivity (Wildman–Crippen MR) is 65.8 cm³/mol. The van der Waals surface area contributed by atoms with Gasteiger partial charge in [-0.05, 0) is 30.3 Å². The molecular formula is C13H8F3NOS. The molecule has 2 nitrogen and oxygen atoms in total. The maximum atomic E-state index is 12.7. The van der Waals surface area contributed by atoms with Crippen LogP contribution >= 0.6 is 0 Å². The Bertz CT molecular complexity index is 682. The van der Waals surface area contributed by atoms with E-state index in [1.54, 1.807) is 24.3 Å². The van der Waals surface area contributed by atoms with E-state index in [-0.39, 0.29) is 4.90 Å². The molecule has 0 bridgehead atoms. The zero-order valence-corrected chi connectivity index (χ0v) is 10.3. The first-order chi connectivity index (χ1) is 8.97. The molecule has 1 aliphatic heterocycles. The first-order valence-electron chi connectivity index (χ1n) is 5.46. The van der Waals surface area contributed by atoms with Crippen LogP contribution in [0.3, 0.4) is 0 Å². The number of halogens is 3. The van der Waals surface area contributed by atoms with Crippen LogP contribution in [0.25, 0.3) is 0 Å². The second kappa shape index (κ2) is 4.09. The molecule has 98 valence electrons. The number of nitrogens with one attached hydrogen (secondary N) is 1. The van der Waals surface area contributed by atoms with Crippen LogP contribution in [0.2, 0.25) is 0 Å². The van der Waals surface area contributed by atoms with Gasteiger partial charge >= 0.3 is 6.18 Å². The van der Waals surface area contributed by atoms with Gasteiger partial charge in [0, 0.05) is 0 Å². The lowest BCUT2D eigenvalue weighted by molar-refractivity contribution is -0.137. The van der Waals surface area contributed by atoms with Crippen LogP contribution in [-0.4, -0.2) is 4.21 Å². The number of hydrogen-bond donors (Lipinski definition) is 1. The van der Waals surface area contributed by atoms with Crippen molar-refractivity contribution in [2.24, 2.45) is 0 Å². The van der Waals surface area contributed by atoms with Crippen molar-refractivity contribution in [2.75, 3.05) is 5.32 Å². The Kier molecular flexibility index (Phi) is 2.63. The van der Waals surface area contributed by atoms with Crippen LogP contribution in [0.5, 0.6) is 0 Å². The number of fused-ring (bicyclic) bond motifs is 2. The van der Waals surface area contributed by atoms with Gasteiger partial charge in [-0.2, -0.15) is 13.2 Å². The van der Waals surface area contributed by atoms with E-state index in [0.29, 0.717) is 16.3 Å². The van der Waals surface area contributed by atoms with E-state index in [4.69, 9.17) is 0 Å². The maximum absolute atomic E-state index is 12.7. The molecule has 0 amide bonds. The minimum atomic E-state index is -4.43. The minimum absolute atomic E-state index is 0.161. The summed E-state index contributed by atoms with van der Waals surface area (Å²) in [5, 5.41) is 2.99. The van der Waals surface area contributed by atoms with Crippen molar-refractivity contribution in [1.82, 2.24) is 0 Å². The normalized spacial score (nSPS) is 17.3. The third-order valence-corrected chi connectivity index (χ3v) is 4.36. The number of hydrogen-bond acceptors (Lipinski definition) is 2. The highest BCUT2D eigenvalue weighted by molar-refractivity contribution is 7.85. The summed E-state index contributed by atoms with van der Waals surface area (Å²) >= 11 is 0. The third kappa shape index (κ3) is 2.02. The monoisotopic (exact) mass is 283 g/mol. The van der Waals surface area contributed by atoms with Gasteiger partial charge in [-0.3, -0.25) is 0 Å². The lowest BCUT2D eigenvalue weighted by Crippen LogP contribution is -2.11. The topological polar surface area (TPSA) is 29.1 Å². The Morgan fingerprint density at radius 1 is 0.947 bits per heavy atom. The number of alkyl halides is 3. The summed E-state index contributed by atoms with van der Waals surface area (Å²) in [7, 11) is -1.60.